The lowest BCUT2D eigenvalue weighted by Gasteiger charge is -2.21. The van der Waals surface area contributed by atoms with Crippen LogP contribution in [-0.2, 0) is 20.2 Å². The van der Waals surface area contributed by atoms with Gasteiger partial charge in [-0.2, -0.15) is 16.8 Å². The Kier molecular flexibility index (Phi) is 10.4. The number of rotatable bonds is 11. The first kappa shape index (κ1) is 38.6. The van der Waals surface area contributed by atoms with Gasteiger partial charge in [0.25, 0.3) is 20.2 Å². The van der Waals surface area contributed by atoms with E-state index in [0.29, 0.717) is 11.5 Å². The van der Waals surface area contributed by atoms with Crippen LogP contribution in [0.4, 0.5) is 22.7 Å². The molecule has 0 saturated carbocycles. The largest absolute Gasteiger partial charge is 0.505 e. The van der Waals surface area contributed by atoms with Gasteiger partial charge in [0.2, 0.25) is 0 Å². The van der Waals surface area contributed by atoms with Crippen LogP contribution >= 0.6 is 0 Å². The number of ether oxygens (including phenoxy) is 2. The lowest BCUT2D eigenvalue weighted by molar-refractivity contribution is 0.414. The second-order valence-electron chi connectivity index (χ2n) is 12.6. The molecule has 0 bridgehead atoms. The van der Waals surface area contributed by atoms with Crippen molar-refractivity contribution >= 4 is 64.5 Å². The van der Waals surface area contributed by atoms with Gasteiger partial charge in [-0.1, -0.05) is 91.0 Å². The molecule has 0 spiro atoms. The third-order valence-corrected chi connectivity index (χ3v) is 11.0. The zero-order valence-electron chi connectivity index (χ0n) is 30.0. The summed E-state index contributed by atoms with van der Waals surface area (Å²) in [6, 6.07) is 34.4. The molecule has 7 aromatic rings. The molecule has 0 saturated heterocycles. The number of phenolic OH excluding ortho intramolecular Hbond substituents is 2. The summed E-state index contributed by atoms with van der Waals surface area (Å²) in [4.78, 5) is -0.863. The molecule has 0 unspecified atom stereocenters. The molecule has 0 aliphatic heterocycles. The van der Waals surface area contributed by atoms with Crippen molar-refractivity contribution in [2.75, 3.05) is 14.2 Å². The van der Waals surface area contributed by atoms with Crippen molar-refractivity contribution in [3.05, 3.63) is 144 Å². The molecule has 0 heterocycles. The Balaban J connectivity index is 1.26. The summed E-state index contributed by atoms with van der Waals surface area (Å²) in [7, 11) is -6.43. The molecule has 0 aliphatic rings. The normalized spacial score (nSPS) is 12.8. The lowest BCUT2D eigenvalue weighted by Crippen LogP contribution is -2.04. The van der Waals surface area contributed by atoms with Gasteiger partial charge in [-0.15, -0.1) is 20.5 Å². The van der Waals surface area contributed by atoms with Gasteiger partial charge in [-0.05, 0) is 53.1 Å². The van der Waals surface area contributed by atoms with E-state index >= 15 is 0 Å². The Hall–Kier alpha value is -6.72. The van der Waals surface area contributed by atoms with E-state index in [-0.39, 0.29) is 55.8 Å². The molecule has 0 amide bonds. The highest BCUT2D eigenvalue weighted by atomic mass is 32.2. The molecule has 0 fully saturated rings. The maximum Gasteiger partial charge on any atom is 0.295 e. The SMILES string of the molecule is COc1cc(C(c2ccccc2)c2ccc(N=Nc3cc(S(=O)(=O)O)c4ccccc4c3O)c(OC)c2)ccc1N=Nc1cc(S(=O)(=O)O)c2ccccc2c1O. The minimum Gasteiger partial charge on any atom is -0.505 e. The van der Waals surface area contributed by atoms with Gasteiger partial charge in [-0.3, -0.25) is 9.11 Å². The number of nitrogens with zero attached hydrogens (tertiary/aromatic N) is 4. The second-order valence-corrected chi connectivity index (χ2v) is 15.4. The monoisotopic (exact) mass is 804 g/mol. The van der Waals surface area contributed by atoms with Gasteiger partial charge < -0.3 is 19.7 Å². The van der Waals surface area contributed by atoms with Crippen molar-refractivity contribution in [2.24, 2.45) is 20.5 Å². The molecule has 0 aromatic heterocycles. The van der Waals surface area contributed by atoms with Crippen LogP contribution in [0.15, 0.2) is 158 Å². The van der Waals surface area contributed by atoms with Crippen molar-refractivity contribution < 1.29 is 45.6 Å². The van der Waals surface area contributed by atoms with Gasteiger partial charge in [0.1, 0.15) is 44.0 Å². The summed E-state index contributed by atoms with van der Waals surface area (Å²) in [5.74, 6) is -0.422. The number of hydrogen-bond acceptors (Lipinski definition) is 12. The third-order valence-electron chi connectivity index (χ3n) is 9.21. The van der Waals surface area contributed by atoms with Crippen LogP contribution in [-0.4, -0.2) is 50.4 Å². The highest BCUT2D eigenvalue weighted by Gasteiger charge is 2.23. The van der Waals surface area contributed by atoms with E-state index in [0.717, 1.165) is 28.8 Å². The molecule has 57 heavy (non-hydrogen) atoms. The average Bonchev–Trinajstić information content (AvgIpc) is 3.20. The molecule has 16 heteroatoms. The van der Waals surface area contributed by atoms with E-state index in [1.54, 1.807) is 48.5 Å². The van der Waals surface area contributed by atoms with Crippen LogP contribution in [0.1, 0.15) is 22.6 Å². The van der Waals surface area contributed by atoms with Crippen molar-refractivity contribution in [1.82, 2.24) is 0 Å². The van der Waals surface area contributed by atoms with E-state index in [4.69, 9.17) is 9.47 Å². The topological polar surface area (TPSA) is 217 Å². The fourth-order valence-corrected chi connectivity index (χ4v) is 7.99. The fourth-order valence-electron chi connectivity index (χ4n) is 6.56. The van der Waals surface area contributed by atoms with Crippen LogP contribution in [0.3, 0.4) is 0 Å². The molecule has 0 radical (unpaired) electrons. The number of azo groups is 2. The molecule has 4 N–H and O–H groups in total. The summed E-state index contributed by atoms with van der Waals surface area (Å²) in [5, 5.41) is 39.2. The minimum absolute atomic E-state index is 0.122. The second kappa shape index (κ2) is 15.4. The van der Waals surface area contributed by atoms with Gasteiger partial charge in [0, 0.05) is 27.5 Å². The summed E-state index contributed by atoms with van der Waals surface area (Å²) in [6.45, 7) is 0. The van der Waals surface area contributed by atoms with Crippen LogP contribution in [0, 0.1) is 0 Å². The van der Waals surface area contributed by atoms with Crippen molar-refractivity contribution in [2.45, 2.75) is 15.7 Å². The van der Waals surface area contributed by atoms with E-state index in [1.165, 1.54) is 38.5 Å². The van der Waals surface area contributed by atoms with Crippen LogP contribution < -0.4 is 9.47 Å². The van der Waals surface area contributed by atoms with E-state index < -0.39 is 35.9 Å². The molecular formula is C41H32N4O10S2. The number of phenols is 2. The third kappa shape index (κ3) is 7.74. The first-order valence-corrected chi connectivity index (χ1v) is 19.8. The molecule has 7 rings (SSSR count). The Labute approximate surface area is 326 Å². The fraction of sp³-hybridized carbons (Fsp3) is 0.0732. The van der Waals surface area contributed by atoms with E-state index in [2.05, 4.69) is 20.5 Å². The highest BCUT2D eigenvalue weighted by molar-refractivity contribution is 7.86. The van der Waals surface area contributed by atoms with Gasteiger partial charge in [-0.25, -0.2) is 0 Å². The maximum absolute atomic E-state index is 12.2. The van der Waals surface area contributed by atoms with Crippen LogP contribution in [0.5, 0.6) is 23.0 Å². The summed E-state index contributed by atoms with van der Waals surface area (Å²) < 4.78 is 79.9. The minimum atomic E-state index is -4.67. The Morgan fingerprint density at radius 1 is 0.456 bits per heavy atom. The zero-order chi connectivity index (χ0) is 40.5. The van der Waals surface area contributed by atoms with Crippen LogP contribution in [0.25, 0.3) is 21.5 Å². The van der Waals surface area contributed by atoms with Crippen LogP contribution in [0.2, 0.25) is 0 Å². The van der Waals surface area contributed by atoms with Crippen molar-refractivity contribution in [3.63, 3.8) is 0 Å². The number of fused-ring (bicyclic) bond motifs is 2. The predicted octanol–water partition coefficient (Wildman–Crippen LogP) is 9.93. The predicted molar refractivity (Wildman–Crippen MR) is 213 cm³/mol. The number of methoxy groups -OCH3 is 2. The number of hydrogen-bond donors (Lipinski definition) is 4. The maximum atomic E-state index is 12.2. The first-order chi connectivity index (χ1) is 27.3. The Morgan fingerprint density at radius 2 is 0.825 bits per heavy atom. The van der Waals surface area contributed by atoms with Gasteiger partial charge in [0.15, 0.2) is 11.5 Å². The first-order valence-electron chi connectivity index (χ1n) is 17.0. The molecular weight excluding hydrogens is 773 g/mol. The molecule has 0 aliphatic carbocycles. The summed E-state index contributed by atoms with van der Waals surface area (Å²) >= 11 is 0. The Morgan fingerprint density at radius 3 is 1.21 bits per heavy atom. The van der Waals surface area contributed by atoms with Gasteiger partial charge >= 0.3 is 0 Å². The molecule has 0 atom stereocenters. The standard InChI is InChI=1S/C41H32N4O10S2/c1-54-35-20-25(16-18-31(35)42-44-33-22-37(56(48,49)50)27-12-6-8-14-29(27)40(33)46)39(24-10-4-3-5-11-24)26-17-19-32(36(21-26)55-2)43-45-34-23-38(57(51,52)53)28-13-7-9-15-30(28)41(34)47/h3-23,39,46-47H,1-2H3,(H,48,49,50)(H,51,52,53). The summed E-state index contributed by atoms with van der Waals surface area (Å²) in [6.07, 6.45) is 0. The smallest absolute Gasteiger partial charge is 0.295 e. The molecule has 14 nitrogen and oxygen atoms in total. The quantitative estimate of drug-likeness (QED) is 0.0551. The molecule has 7 aromatic carbocycles. The summed E-state index contributed by atoms with van der Waals surface area (Å²) in [5.41, 5.74) is 2.60. The van der Waals surface area contributed by atoms with E-state index in [1.807, 2.05) is 42.5 Å². The van der Waals surface area contributed by atoms with Crippen molar-refractivity contribution in [1.29, 1.82) is 0 Å². The van der Waals surface area contributed by atoms with E-state index in [9.17, 15) is 36.2 Å². The Bertz CT molecular complexity index is 2790. The average molecular weight is 805 g/mol. The number of benzene rings is 7. The van der Waals surface area contributed by atoms with Crippen molar-refractivity contribution in [3.8, 4) is 23.0 Å². The number of aromatic hydroxyl groups is 2. The van der Waals surface area contributed by atoms with Gasteiger partial charge in [0.05, 0.1) is 14.2 Å². The zero-order valence-corrected chi connectivity index (χ0v) is 31.7. The lowest BCUT2D eigenvalue weighted by atomic mass is 9.84. The molecule has 288 valence electrons. The highest BCUT2D eigenvalue weighted by Crippen LogP contribution is 2.44.